The van der Waals surface area contributed by atoms with E-state index in [1.807, 2.05) is 0 Å². The molecule has 4 nitrogen and oxygen atoms in total. The van der Waals surface area contributed by atoms with E-state index in [1.165, 1.54) is 10.4 Å². The van der Waals surface area contributed by atoms with E-state index < -0.39 is 0 Å². The molecule has 1 amide bonds. The van der Waals surface area contributed by atoms with Crippen LogP contribution in [0, 0.1) is 6.92 Å². The van der Waals surface area contributed by atoms with E-state index in [9.17, 15) is 4.79 Å². The molecule has 1 aliphatic heterocycles. The summed E-state index contributed by atoms with van der Waals surface area (Å²) in [4.78, 5) is 15.9. The maximum Gasteiger partial charge on any atom is 0.237 e. The third-order valence-corrected chi connectivity index (χ3v) is 5.59. The van der Waals surface area contributed by atoms with E-state index in [2.05, 4.69) is 35.5 Å². The first kappa shape index (κ1) is 16.5. The molecule has 0 aliphatic carbocycles. The van der Waals surface area contributed by atoms with Crippen LogP contribution < -0.4 is 11.1 Å². The smallest absolute Gasteiger partial charge is 0.237 e. The number of rotatable bonds is 5. The fourth-order valence-electron chi connectivity index (χ4n) is 3.24. The summed E-state index contributed by atoms with van der Waals surface area (Å²) in [6, 6.07) is 2.31. The largest absolute Gasteiger partial charge is 0.358 e. The highest BCUT2D eigenvalue weighted by Crippen LogP contribution is 2.36. The first-order valence-electron chi connectivity index (χ1n) is 7.87. The highest BCUT2D eigenvalue weighted by atomic mass is 32.1. The molecular weight excluding hydrogens is 282 g/mol. The second-order valence-electron chi connectivity index (χ2n) is 5.85. The fourth-order valence-corrected chi connectivity index (χ4v) is 4.36. The summed E-state index contributed by atoms with van der Waals surface area (Å²) in [5.74, 6) is 0.122. The summed E-state index contributed by atoms with van der Waals surface area (Å²) in [6.45, 7) is 5.22. The molecule has 5 heteroatoms. The van der Waals surface area contributed by atoms with E-state index in [4.69, 9.17) is 5.73 Å². The monoisotopic (exact) mass is 309 g/mol. The third kappa shape index (κ3) is 3.47. The average Bonchev–Trinajstić information content (AvgIpc) is 2.93. The second-order valence-corrected chi connectivity index (χ2v) is 6.80. The van der Waals surface area contributed by atoms with Gasteiger partial charge in [0.2, 0.25) is 5.91 Å². The summed E-state index contributed by atoms with van der Waals surface area (Å²) in [6.07, 6.45) is 4.10. The van der Waals surface area contributed by atoms with Crippen molar-refractivity contribution >= 4 is 17.2 Å². The van der Waals surface area contributed by atoms with Crippen LogP contribution in [0.1, 0.15) is 49.1 Å². The zero-order chi connectivity index (χ0) is 15.4. The zero-order valence-corrected chi connectivity index (χ0v) is 14.1. The van der Waals surface area contributed by atoms with Crippen molar-refractivity contribution in [3.8, 4) is 0 Å². The molecule has 1 saturated heterocycles. The van der Waals surface area contributed by atoms with Crippen molar-refractivity contribution in [3.63, 3.8) is 0 Å². The quantitative estimate of drug-likeness (QED) is 0.878. The number of piperidine rings is 1. The van der Waals surface area contributed by atoms with E-state index in [0.717, 1.165) is 32.2 Å². The predicted molar refractivity (Wildman–Crippen MR) is 88.5 cm³/mol. The Morgan fingerprint density at radius 3 is 2.90 bits per heavy atom. The maximum atomic E-state index is 12.3. The van der Waals surface area contributed by atoms with Crippen LogP contribution in [0.3, 0.4) is 0 Å². The number of carbonyl (C=O) groups is 1. The minimum Gasteiger partial charge on any atom is -0.358 e. The highest BCUT2D eigenvalue weighted by molar-refractivity contribution is 7.10. The summed E-state index contributed by atoms with van der Waals surface area (Å²) in [7, 11) is 1.72. The van der Waals surface area contributed by atoms with Crippen molar-refractivity contribution in [3.05, 3.63) is 21.9 Å². The number of thiophene rings is 1. The number of nitrogens with zero attached hydrogens (tertiary/aromatic N) is 1. The van der Waals surface area contributed by atoms with Crippen LogP contribution >= 0.6 is 11.3 Å². The van der Waals surface area contributed by atoms with Gasteiger partial charge in [-0.3, -0.25) is 9.69 Å². The number of likely N-dealkylation sites (N-methyl/N-ethyl adjacent to an activating group) is 1. The van der Waals surface area contributed by atoms with Gasteiger partial charge in [0.1, 0.15) is 0 Å². The normalized spacial score (nSPS) is 22.8. The van der Waals surface area contributed by atoms with Gasteiger partial charge in [0, 0.05) is 18.0 Å². The molecule has 3 N–H and O–H groups in total. The van der Waals surface area contributed by atoms with Gasteiger partial charge in [0.05, 0.1) is 12.1 Å². The molecule has 0 saturated carbocycles. The van der Waals surface area contributed by atoms with Crippen LogP contribution in [0.15, 0.2) is 11.4 Å². The lowest BCUT2D eigenvalue weighted by atomic mass is 9.93. The standard InChI is InChI=1S/C16H27N3OS/c1-4-12(17)14(15-11(2)8-10-21-15)19-9-6-5-7-13(19)16(20)18-3/h8,10,12-14H,4-7,9,17H2,1-3H3,(H,18,20). The number of hydrogen-bond acceptors (Lipinski definition) is 4. The molecule has 2 heterocycles. The molecular formula is C16H27N3OS. The van der Waals surface area contributed by atoms with Crippen LogP contribution in [0.4, 0.5) is 0 Å². The Hall–Kier alpha value is -0.910. The Labute approximate surface area is 131 Å². The van der Waals surface area contributed by atoms with Crippen LogP contribution in [0.25, 0.3) is 0 Å². The van der Waals surface area contributed by atoms with Gasteiger partial charge in [0.15, 0.2) is 0 Å². The highest BCUT2D eigenvalue weighted by Gasteiger charge is 2.37. The molecule has 1 aromatic rings. The molecule has 118 valence electrons. The number of aryl methyl sites for hydroxylation is 1. The van der Waals surface area contributed by atoms with Gasteiger partial charge < -0.3 is 11.1 Å². The lowest BCUT2D eigenvalue weighted by Crippen LogP contribution is -2.53. The average molecular weight is 309 g/mol. The SMILES string of the molecule is CCC(N)C(c1sccc1C)N1CCCCC1C(=O)NC. The van der Waals surface area contributed by atoms with E-state index in [-0.39, 0.29) is 24.0 Å². The molecule has 1 fully saturated rings. The number of amides is 1. The van der Waals surface area contributed by atoms with Crippen molar-refractivity contribution in [1.29, 1.82) is 0 Å². The molecule has 0 radical (unpaired) electrons. The zero-order valence-electron chi connectivity index (χ0n) is 13.3. The van der Waals surface area contributed by atoms with E-state index in [1.54, 1.807) is 18.4 Å². The van der Waals surface area contributed by atoms with Gasteiger partial charge in [-0.1, -0.05) is 13.3 Å². The van der Waals surface area contributed by atoms with Crippen molar-refractivity contribution in [2.24, 2.45) is 5.73 Å². The first-order chi connectivity index (χ1) is 10.1. The van der Waals surface area contributed by atoms with Gasteiger partial charge in [-0.25, -0.2) is 0 Å². The lowest BCUT2D eigenvalue weighted by molar-refractivity contribution is -0.128. The maximum absolute atomic E-state index is 12.3. The van der Waals surface area contributed by atoms with Crippen molar-refractivity contribution in [2.75, 3.05) is 13.6 Å². The van der Waals surface area contributed by atoms with Gasteiger partial charge in [-0.15, -0.1) is 11.3 Å². The second kappa shape index (κ2) is 7.38. The molecule has 1 aliphatic rings. The van der Waals surface area contributed by atoms with Gasteiger partial charge in [-0.05, 0) is 49.7 Å². The Balaban J connectivity index is 2.34. The first-order valence-corrected chi connectivity index (χ1v) is 8.75. The van der Waals surface area contributed by atoms with Gasteiger partial charge in [0.25, 0.3) is 0 Å². The molecule has 1 aromatic heterocycles. The Kier molecular flexibility index (Phi) is 5.79. The fraction of sp³-hybridized carbons (Fsp3) is 0.688. The van der Waals surface area contributed by atoms with Crippen LogP contribution in [0.5, 0.6) is 0 Å². The predicted octanol–water partition coefficient (Wildman–Crippen LogP) is 2.44. The summed E-state index contributed by atoms with van der Waals surface area (Å²) < 4.78 is 0. The summed E-state index contributed by atoms with van der Waals surface area (Å²) in [5, 5.41) is 4.94. The molecule has 3 unspecified atom stereocenters. The number of likely N-dealkylation sites (tertiary alicyclic amines) is 1. The number of carbonyl (C=O) groups excluding carboxylic acids is 1. The number of nitrogens with two attached hydrogens (primary N) is 1. The van der Waals surface area contributed by atoms with E-state index >= 15 is 0 Å². The van der Waals surface area contributed by atoms with Crippen molar-refractivity contribution in [1.82, 2.24) is 10.2 Å². The minimum absolute atomic E-state index is 0.0483. The Bertz CT molecular complexity index is 474. The Morgan fingerprint density at radius 1 is 1.57 bits per heavy atom. The minimum atomic E-state index is -0.0483. The van der Waals surface area contributed by atoms with Crippen LogP contribution in [-0.2, 0) is 4.79 Å². The van der Waals surface area contributed by atoms with Crippen molar-refractivity contribution < 1.29 is 4.79 Å². The molecule has 0 bridgehead atoms. The van der Waals surface area contributed by atoms with Crippen molar-refractivity contribution in [2.45, 2.75) is 57.7 Å². The topological polar surface area (TPSA) is 58.4 Å². The number of hydrogen-bond donors (Lipinski definition) is 2. The number of nitrogens with one attached hydrogen (secondary N) is 1. The molecule has 3 atom stereocenters. The van der Waals surface area contributed by atoms with E-state index in [0.29, 0.717) is 0 Å². The van der Waals surface area contributed by atoms with Crippen LogP contribution in [-0.4, -0.2) is 36.5 Å². The van der Waals surface area contributed by atoms with Gasteiger partial charge >= 0.3 is 0 Å². The summed E-state index contributed by atoms with van der Waals surface area (Å²) >= 11 is 1.76. The Morgan fingerprint density at radius 2 is 2.33 bits per heavy atom. The van der Waals surface area contributed by atoms with Crippen LogP contribution in [0.2, 0.25) is 0 Å². The van der Waals surface area contributed by atoms with Gasteiger partial charge in [-0.2, -0.15) is 0 Å². The molecule has 0 spiro atoms. The lowest BCUT2D eigenvalue weighted by Gasteiger charge is -2.42. The third-order valence-electron chi connectivity index (χ3n) is 4.50. The molecule has 0 aromatic carbocycles. The summed E-state index contributed by atoms with van der Waals surface area (Å²) in [5.41, 5.74) is 7.73. The molecule has 2 rings (SSSR count). The molecule has 21 heavy (non-hydrogen) atoms.